The van der Waals surface area contributed by atoms with E-state index >= 15 is 0 Å². The summed E-state index contributed by atoms with van der Waals surface area (Å²) in [6.07, 6.45) is 6.79. The van der Waals surface area contributed by atoms with Crippen molar-refractivity contribution in [3.8, 4) is 6.07 Å². The molecular weight excluding hydrogens is 232 g/mol. The van der Waals surface area contributed by atoms with Crippen LogP contribution in [0.2, 0.25) is 0 Å². The molecule has 0 heterocycles. The summed E-state index contributed by atoms with van der Waals surface area (Å²) in [6.45, 7) is 3.17. The van der Waals surface area contributed by atoms with Crippen molar-refractivity contribution in [2.75, 3.05) is 0 Å². The molecule has 0 spiro atoms. The molecule has 1 saturated carbocycles. The Morgan fingerprint density at radius 2 is 1.74 bits per heavy atom. The SMILES string of the molecule is CCCc1ccc(CNC2CCC(C#N)CC2)cc1. The van der Waals surface area contributed by atoms with Crippen molar-refractivity contribution < 1.29 is 0 Å². The minimum atomic E-state index is 0.298. The molecule has 2 rings (SSSR count). The number of benzene rings is 1. The summed E-state index contributed by atoms with van der Waals surface area (Å²) in [5.41, 5.74) is 2.79. The van der Waals surface area contributed by atoms with Gasteiger partial charge in [-0.25, -0.2) is 0 Å². The normalized spacial score (nSPS) is 22.9. The van der Waals surface area contributed by atoms with E-state index in [0.29, 0.717) is 12.0 Å². The van der Waals surface area contributed by atoms with Gasteiger partial charge in [-0.2, -0.15) is 5.26 Å². The van der Waals surface area contributed by atoms with Gasteiger partial charge in [-0.15, -0.1) is 0 Å². The van der Waals surface area contributed by atoms with Crippen molar-refractivity contribution in [2.45, 2.75) is 58.0 Å². The molecule has 0 aliphatic heterocycles. The van der Waals surface area contributed by atoms with Crippen molar-refractivity contribution in [1.29, 1.82) is 5.26 Å². The van der Waals surface area contributed by atoms with E-state index in [1.165, 1.54) is 24.0 Å². The number of hydrogen-bond acceptors (Lipinski definition) is 2. The van der Waals surface area contributed by atoms with Crippen LogP contribution >= 0.6 is 0 Å². The Kier molecular flexibility index (Phi) is 5.42. The summed E-state index contributed by atoms with van der Waals surface area (Å²) in [5.74, 6) is 0.298. The Hall–Kier alpha value is -1.33. The Labute approximate surface area is 116 Å². The summed E-state index contributed by atoms with van der Waals surface area (Å²) in [5, 5.41) is 12.5. The van der Waals surface area contributed by atoms with Crippen LogP contribution in [0.1, 0.15) is 50.2 Å². The van der Waals surface area contributed by atoms with Crippen LogP contribution in [0.15, 0.2) is 24.3 Å². The molecule has 1 aromatic carbocycles. The van der Waals surface area contributed by atoms with E-state index in [4.69, 9.17) is 5.26 Å². The molecule has 2 nitrogen and oxygen atoms in total. The van der Waals surface area contributed by atoms with Crippen LogP contribution in [0.25, 0.3) is 0 Å². The fraction of sp³-hybridized carbons (Fsp3) is 0.588. The zero-order valence-corrected chi connectivity index (χ0v) is 11.9. The van der Waals surface area contributed by atoms with Crippen LogP contribution in [0.3, 0.4) is 0 Å². The van der Waals surface area contributed by atoms with Gasteiger partial charge >= 0.3 is 0 Å². The Morgan fingerprint density at radius 3 is 2.32 bits per heavy atom. The second-order valence-corrected chi connectivity index (χ2v) is 5.63. The monoisotopic (exact) mass is 256 g/mol. The molecule has 0 amide bonds. The van der Waals surface area contributed by atoms with E-state index in [2.05, 4.69) is 42.6 Å². The summed E-state index contributed by atoms with van der Waals surface area (Å²) >= 11 is 0. The van der Waals surface area contributed by atoms with Gasteiger partial charge in [0.25, 0.3) is 0 Å². The highest BCUT2D eigenvalue weighted by Gasteiger charge is 2.19. The number of nitrogens with one attached hydrogen (secondary N) is 1. The standard InChI is InChI=1S/C17H24N2/c1-2-3-14-4-6-16(7-5-14)13-19-17-10-8-15(12-18)9-11-17/h4-7,15,17,19H,2-3,8-11,13H2,1H3. The first-order valence-electron chi connectivity index (χ1n) is 7.52. The third-order valence-corrected chi connectivity index (χ3v) is 4.07. The van der Waals surface area contributed by atoms with E-state index in [1.54, 1.807) is 0 Å². The van der Waals surface area contributed by atoms with Crippen LogP contribution in [0, 0.1) is 17.2 Å². The van der Waals surface area contributed by atoms with Crippen molar-refractivity contribution >= 4 is 0 Å². The summed E-state index contributed by atoms with van der Waals surface area (Å²) in [4.78, 5) is 0. The van der Waals surface area contributed by atoms with Crippen molar-refractivity contribution in [2.24, 2.45) is 5.92 Å². The second kappa shape index (κ2) is 7.31. The van der Waals surface area contributed by atoms with Gasteiger partial charge < -0.3 is 5.32 Å². The van der Waals surface area contributed by atoms with Gasteiger partial charge in [0.15, 0.2) is 0 Å². The molecule has 19 heavy (non-hydrogen) atoms. The molecule has 1 aliphatic rings. The molecule has 0 saturated heterocycles. The number of hydrogen-bond donors (Lipinski definition) is 1. The summed E-state index contributed by atoms with van der Waals surface area (Å²) in [6, 6.07) is 11.9. The molecule has 0 atom stereocenters. The Morgan fingerprint density at radius 1 is 1.11 bits per heavy atom. The van der Waals surface area contributed by atoms with Gasteiger partial charge in [0.05, 0.1) is 6.07 Å². The quantitative estimate of drug-likeness (QED) is 0.869. The number of rotatable bonds is 5. The first-order valence-corrected chi connectivity index (χ1v) is 7.52. The zero-order chi connectivity index (χ0) is 13.5. The molecule has 1 aliphatic carbocycles. The highest BCUT2D eigenvalue weighted by atomic mass is 14.9. The van der Waals surface area contributed by atoms with Crippen molar-refractivity contribution in [1.82, 2.24) is 5.32 Å². The maximum atomic E-state index is 8.88. The molecular formula is C17H24N2. The fourth-order valence-corrected chi connectivity index (χ4v) is 2.80. The maximum Gasteiger partial charge on any atom is 0.0655 e. The zero-order valence-electron chi connectivity index (χ0n) is 11.9. The van der Waals surface area contributed by atoms with Gasteiger partial charge in [0.2, 0.25) is 0 Å². The van der Waals surface area contributed by atoms with Crippen molar-refractivity contribution in [3.05, 3.63) is 35.4 Å². The predicted octanol–water partition coefficient (Wildman–Crippen LogP) is 3.81. The first-order chi connectivity index (χ1) is 9.31. The van der Waals surface area contributed by atoms with E-state index in [1.807, 2.05) is 0 Å². The predicted molar refractivity (Wildman–Crippen MR) is 78.6 cm³/mol. The summed E-state index contributed by atoms with van der Waals surface area (Å²) < 4.78 is 0. The molecule has 2 heteroatoms. The lowest BCUT2D eigenvalue weighted by Crippen LogP contribution is -2.32. The highest BCUT2D eigenvalue weighted by Crippen LogP contribution is 2.23. The topological polar surface area (TPSA) is 35.8 Å². The van der Waals surface area contributed by atoms with E-state index in [9.17, 15) is 0 Å². The lowest BCUT2D eigenvalue weighted by Gasteiger charge is -2.25. The Balaban J connectivity index is 1.75. The smallest absolute Gasteiger partial charge is 0.0655 e. The average molecular weight is 256 g/mol. The van der Waals surface area contributed by atoms with Crippen LogP contribution < -0.4 is 5.32 Å². The largest absolute Gasteiger partial charge is 0.310 e. The third-order valence-electron chi connectivity index (χ3n) is 4.07. The van der Waals surface area contributed by atoms with E-state index in [0.717, 1.165) is 32.2 Å². The van der Waals surface area contributed by atoms with Gasteiger partial charge in [-0.3, -0.25) is 0 Å². The molecule has 0 radical (unpaired) electrons. The lowest BCUT2D eigenvalue weighted by molar-refractivity contribution is 0.331. The van der Waals surface area contributed by atoms with Gasteiger partial charge in [-0.1, -0.05) is 37.6 Å². The van der Waals surface area contributed by atoms with Gasteiger partial charge in [0, 0.05) is 18.5 Å². The molecule has 1 fully saturated rings. The van der Waals surface area contributed by atoms with E-state index < -0.39 is 0 Å². The maximum absolute atomic E-state index is 8.88. The van der Waals surface area contributed by atoms with Crippen LogP contribution in [0.4, 0.5) is 0 Å². The van der Waals surface area contributed by atoms with Crippen molar-refractivity contribution in [3.63, 3.8) is 0 Å². The number of aryl methyl sites for hydroxylation is 1. The van der Waals surface area contributed by atoms with Crippen LogP contribution in [-0.2, 0) is 13.0 Å². The lowest BCUT2D eigenvalue weighted by atomic mass is 9.87. The fourth-order valence-electron chi connectivity index (χ4n) is 2.80. The number of nitrogens with zero attached hydrogens (tertiary/aromatic N) is 1. The Bertz CT molecular complexity index is 408. The molecule has 102 valence electrons. The minimum absolute atomic E-state index is 0.298. The third kappa shape index (κ3) is 4.36. The molecule has 1 aromatic rings. The van der Waals surface area contributed by atoms with Gasteiger partial charge in [0.1, 0.15) is 0 Å². The molecule has 0 unspecified atom stereocenters. The van der Waals surface area contributed by atoms with Crippen LogP contribution in [0.5, 0.6) is 0 Å². The number of nitriles is 1. The average Bonchev–Trinajstić information content (AvgIpc) is 2.47. The molecule has 0 aromatic heterocycles. The highest BCUT2D eigenvalue weighted by molar-refractivity contribution is 5.22. The minimum Gasteiger partial charge on any atom is -0.310 e. The second-order valence-electron chi connectivity index (χ2n) is 5.63. The molecule has 0 bridgehead atoms. The first kappa shape index (κ1) is 14.1. The van der Waals surface area contributed by atoms with Crippen LogP contribution in [-0.4, -0.2) is 6.04 Å². The molecule has 1 N–H and O–H groups in total. The van der Waals surface area contributed by atoms with E-state index in [-0.39, 0.29) is 0 Å². The summed E-state index contributed by atoms with van der Waals surface area (Å²) in [7, 11) is 0. The van der Waals surface area contributed by atoms with Gasteiger partial charge in [-0.05, 0) is 43.2 Å².